The van der Waals surface area contributed by atoms with Gasteiger partial charge < -0.3 is 10.2 Å². The lowest BCUT2D eigenvalue weighted by molar-refractivity contribution is 0.588. The highest BCUT2D eigenvalue weighted by atomic mass is 19.1. The number of pyridine rings is 1. The predicted octanol–water partition coefficient (Wildman–Crippen LogP) is 3.36. The van der Waals surface area contributed by atoms with Crippen LogP contribution in [0.15, 0.2) is 42.6 Å². The number of rotatable bonds is 6. The monoisotopic (exact) mass is 287 g/mol. The van der Waals surface area contributed by atoms with Gasteiger partial charge in [-0.1, -0.05) is 32.0 Å². The summed E-state index contributed by atoms with van der Waals surface area (Å²) in [4.78, 5) is 6.32. The maximum Gasteiger partial charge on any atom is 0.128 e. The number of aromatic nitrogens is 1. The van der Waals surface area contributed by atoms with Gasteiger partial charge in [-0.2, -0.15) is 0 Å². The van der Waals surface area contributed by atoms with Crippen LogP contribution in [-0.4, -0.2) is 18.1 Å². The maximum atomic E-state index is 13.7. The lowest BCUT2D eigenvalue weighted by atomic mass is 10.2. The Kier molecular flexibility index (Phi) is 5.28. The van der Waals surface area contributed by atoms with Crippen LogP contribution in [0.5, 0.6) is 0 Å². The number of halogens is 1. The van der Waals surface area contributed by atoms with Crippen LogP contribution in [0.3, 0.4) is 0 Å². The molecule has 1 heterocycles. The fourth-order valence-corrected chi connectivity index (χ4v) is 2.06. The molecule has 0 radical (unpaired) electrons. The lowest BCUT2D eigenvalue weighted by Crippen LogP contribution is -2.22. The average Bonchev–Trinajstić information content (AvgIpc) is 2.48. The molecule has 3 nitrogen and oxygen atoms in total. The van der Waals surface area contributed by atoms with E-state index in [0.29, 0.717) is 18.2 Å². The van der Waals surface area contributed by atoms with Gasteiger partial charge in [0.15, 0.2) is 0 Å². The van der Waals surface area contributed by atoms with E-state index in [0.717, 1.165) is 12.4 Å². The molecule has 0 saturated heterocycles. The largest absolute Gasteiger partial charge is 0.355 e. The normalized spacial score (nSPS) is 10.9. The number of hydrogen-bond donors (Lipinski definition) is 1. The number of anilines is 1. The van der Waals surface area contributed by atoms with E-state index in [1.165, 1.54) is 11.6 Å². The van der Waals surface area contributed by atoms with Gasteiger partial charge in [0.25, 0.3) is 0 Å². The standard InChI is InChI=1S/C17H22FN3/c1-13(2)20-11-14-8-9-19-17(10-14)21(3)12-15-6-4-5-7-16(15)18/h4-10,13,20H,11-12H2,1-3H3. The van der Waals surface area contributed by atoms with Gasteiger partial charge >= 0.3 is 0 Å². The molecule has 0 aliphatic carbocycles. The molecule has 1 aromatic heterocycles. The minimum atomic E-state index is -0.179. The van der Waals surface area contributed by atoms with Gasteiger partial charge in [0.1, 0.15) is 11.6 Å². The zero-order valence-corrected chi connectivity index (χ0v) is 12.8. The van der Waals surface area contributed by atoms with Crippen LogP contribution >= 0.6 is 0 Å². The zero-order chi connectivity index (χ0) is 15.2. The average molecular weight is 287 g/mol. The molecule has 2 aromatic rings. The molecule has 112 valence electrons. The molecule has 0 saturated carbocycles. The Bertz CT molecular complexity index is 584. The van der Waals surface area contributed by atoms with Crippen molar-refractivity contribution in [2.45, 2.75) is 33.0 Å². The number of benzene rings is 1. The number of hydrogen-bond acceptors (Lipinski definition) is 3. The van der Waals surface area contributed by atoms with Crippen molar-refractivity contribution in [1.29, 1.82) is 0 Å². The lowest BCUT2D eigenvalue weighted by Gasteiger charge is -2.19. The Balaban J connectivity index is 2.07. The molecule has 0 fully saturated rings. The van der Waals surface area contributed by atoms with Gasteiger partial charge in [0.05, 0.1) is 0 Å². The summed E-state index contributed by atoms with van der Waals surface area (Å²) in [6.45, 7) is 5.54. The van der Waals surface area contributed by atoms with Crippen LogP contribution in [-0.2, 0) is 13.1 Å². The van der Waals surface area contributed by atoms with Gasteiger partial charge in [0.2, 0.25) is 0 Å². The third kappa shape index (κ3) is 4.53. The molecule has 2 rings (SSSR count). The second kappa shape index (κ2) is 7.18. The molecule has 0 atom stereocenters. The third-order valence-electron chi connectivity index (χ3n) is 3.28. The fourth-order valence-electron chi connectivity index (χ4n) is 2.06. The number of nitrogens with one attached hydrogen (secondary N) is 1. The molecule has 0 bridgehead atoms. The Morgan fingerprint density at radius 2 is 2.00 bits per heavy atom. The minimum Gasteiger partial charge on any atom is -0.355 e. The minimum absolute atomic E-state index is 0.179. The van der Waals surface area contributed by atoms with E-state index in [9.17, 15) is 4.39 Å². The summed E-state index contributed by atoms with van der Waals surface area (Å²) in [5.74, 6) is 0.670. The highest BCUT2D eigenvalue weighted by Gasteiger charge is 2.08. The Labute approximate surface area is 125 Å². The van der Waals surface area contributed by atoms with E-state index in [2.05, 4.69) is 24.1 Å². The fraction of sp³-hybridized carbons (Fsp3) is 0.353. The van der Waals surface area contributed by atoms with Crippen LogP contribution in [0.25, 0.3) is 0 Å². The van der Waals surface area contributed by atoms with Crippen molar-refractivity contribution in [1.82, 2.24) is 10.3 Å². The van der Waals surface area contributed by atoms with E-state index in [-0.39, 0.29) is 5.82 Å². The first kappa shape index (κ1) is 15.4. The Morgan fingerprint density at radius 3 is 2.71 bits per heavy atom. The predicted molar refractivity (Wildman–Crippen MR) is 84.7 cm³/mol. The topological polar surface area (TPSA) is 28.2 Å². The quantitative estimate of drug-likeness (QED) is 0.883. The van der Waals surface area contributed by atoms with Crippen LogP contribution in [0, 0.1) is 5.82 Å². The second-order valence-electron chi connectivity index (χ2n) is 5.51. The van der Waals surface area contributed by atoms with Gasteiger partial charge in [-0.05, 0) is 23.8 Å². The van der Waals surface area contributed by atoms with E-state index in [1.807, 2.05) is 30.1 Å². The summed E-state index contributed by atoms with van der Waals surface area (Å²) in [6, 6.07) is 11.3. The van der Waals surface area contributed by atoms with E-state index in [1.54, 1.807) is 18.3 Å². The zero-order valence-electron chi connectivity index (χ0n) is 12.8. The van der Waals surface area contributed by atoms with Crippen molar-refractivity contribution < 1.29 is 4.39 Å². The summed E-state index contributed by atoms with van der Waals surface area (Å²) < 4.78 is 13.7. The first-order valence-corrected chi connectivity index (χ1v) is 7.19. The molecule has 0 unspecified atom stereocenters. The third-order valence-corrected chi connectivity index (χ3v) is 3.28. The highest BCUT2D eigenvalue weighted by Crippen LogP contribution is 2.16. The van der Waals surface area contributed by atoms with Crippen LogP contribution < -0.4 is 10.2 Å². The molecule has 1 aromatic carbocycles. The van der Waals surface area contributed by atoms with Crippen LogP contribution in [0.4, 0.5) is 10.2 Å². The molecule has 4 heteroatoms. The molecule has 0 spiro atoms. The maximum absolute atomic E-state index is 13.7. The molecular formula is C17H22FN3. The van der Waals surface area contributed by atoms with Crippen molar-refractivity contribution in [2.24, 2.45) is 0 Å². The number of nitrogens with zero attached hydrogens (tertiary/aromatic N) is 2. The van der Waals surface area contributed by atoms with Crippen LogP contribution in [0.1, 0.15) is 25.0 Å². The Morgan fingerprint density at radius 1 is 1.24 bits per heavy atom. The second-order valence-corrected chi connectivity index (χ2v) is 5.51. The van der Waals surface area contributed by atoms with E-state index >= 15 is 0 Å². The molecule has 21 heavy (non-hydrogen) atoms. The summed E-state index contributed by atoms with van der Waals surface area (Å²) in [5, 5.41) is 3.38. The summed E-state index contributed by atoms with van der Waals surface area (Å²) >= 11 is 0. The summed E-state index contributed by atoms with van der Waals surface area (Å²) in [6.07, 6.45) is 1.80. The molecule has 0 aliphatic heterocycles. The van der Waals surface area contributed by atoms with Crippen molar-refractivity contribution >= 4 is 5.82 Å². The summed E-state index contributed by atoms with van der Waals surface area (Å²) in [7, 11) is 1.93. The van der Waals surface area contributed by atoms with E-state index < -0.39 is 0 Å². The molecular weight excluding hydrogens is 265 g/mol. The SMILES string of the molecule is CC(C)NCc1ccnc(N(C)Cc2ccccc2F)c1. The van der Waals surface area contributed by atoms with Crippen molar-refractivity contribution in [3.05, 3.63) is 59.5 Å². The first-order chi connectivity index (χ1) is 10.1. The summed E-state index contributed by atoms with van der Waals surface area (Å²) in [5.41, 5.74) is 1.85. The van der Waals surface area contributed by atoms with E-state index in [4.69, 9.17) is 0 Å². The van der Waals surface area contributed by atoms with Gasteiger partial charge in [0, 0.05) is 37.9 Å². The molecule has 1 N–H and O–H groups in total. The molecule has 0 aliphatic rings. The van der Waals surface area contributed by atoms with Crippen molar-refractivity contribution in [3.8, 4) is 0 Å². The van der Waals surface area contributed by atoms with Gasteiger partial charge in [-0.25, -0.2) is 9.37 Å². The van der Waals surface area contributed by atoms with Crippen molar-refractivity contribution in [3.63, 3.8) is 0 Å². The molecule has 0 amide bonds. The van der Waals surface area contributed by atoms with Gasteiger partial charge in [-0.15, -0.1) is 0 Å². The van der Waals surface area contributed by atoms with Gasteiger partial charge in [-0.3, -0.25) is 0 Å². The first-order valence-electron chi connectivity index (χ1n) is 7.19. The highest BCUT2D eigenvalue weighted by molar-refractivity contribution is 5.41. The van der Waals surface area contributed by atoms with Crippen molar-refractivity contribution in [2.75, 3.05) is 11.9 Å². The van der Waals surface area contributed by atoms with Crippen LogP contribution in [0.2, 0.25) is 0 Å². The smallest absolute Gasteiger partial charge is 0.128 e. The Hall–Kier alpha value is -1.94.